The molecule has 0 saturated carbocycles. The zero-order valence-electron chi connectivity index (χ0n) is 23.1. The van der Waals surface area contributed by atoms with E-state index in [0.717, 1.165) is 25.1 Å². The molecule has 0 aliphatic carbocycles. The summed E-state index contributed by atoms with van der Waals surface area (Å²) in [4.78, 5) is 30.5. The number of hydrogen-bond acceptors (Lipinski definition) is 6. The molecule has 1 amide bonds. The molecular formula is C31H40N2O5. The minimum Gasteiger partial charge on any atom is -0.503 e. The Labute approximate surface area is 226 Å². The van der Waals surface area contributed by atoms with Crippen molar-refractivity contribution >= 4 is 17.8 Å². The summed E-state index contributed by atoms with van der Waals surface area (Å²) in [6.45, 7) is 11.6. The molecule has 1 aliphatic heterocycles. The van der Waals surface area contributed by atoms with Gasteiger partial charge in [0.25, 0.3) is 5.91 Å². The molecule has 3 rings (SSSR count). The van der Waals surface area contributed by atoms with Gasteiger partial charge in [0.15, 0.2) is 23.0 Å². The molecule has 1 atom stereocenters. The van der Waals surface area contributed by atoms with Gasteiger partial charge in [-0.3, -0.25) is 9.59 Å². The number of benzene rings is 2. The highest BCUT2D eigenvalue weighted by molar-refractivity contribution is 6.14. The molecule has 2 aromatic carbocycles. The van der Waals surface area contributed by atoms with E-state index in [4.69, 9.17) is 9.47 Å². The summed E-state index contributed by atoms with van der Waals surface area (Å²) in [6, 6.07) is 14.1. The Morgan fingerprint density at radius 3 is 2.45 bits per heavy atom. The van der Waals surface area contributed by atoms with E-state index in [1.54, 1.807) is 30.2 Å². The monoisotopic (exact) mass is 520 g/mol. The Hall–Kier alpha value is -3.58. The zero-order valence-corrected chi connectivity index (χ0v) is 23.1. The van der Waals surface area contributed by atoms with E-state index in [9.17, 15) is 14.7 Å². The van der Waals surface area contributed by atoms with E-state index in [-0.39, 0.29) is 5.57 Å². The Kier molecular flexibility index (Phi) is 10.5. The number of carbonyl (C=O) groups excluding carboxylic acids is 2. The van der Waals surface area contributed by atoms with Gasteiger partial charge in [-0.15, -0.1) is 0 Å². The molecular weight excluding hydrogens is 480 g/mol. The summed E-state index contributed by atoms with van der Waals surface area (Å²) < 4.78 is 11.6. The standard InChI is InChI=1S/C31H40N2O5/c1-6-32(7-2)18-19-33-29(24-14-16-26(27(21-24)37-5)38-20-17-22(3)4)28(30(35)31(33)36)25(34)15-13-23-11-9-8-10-12-23/h8-16,21-22,29,35H,6-7,17-20H2,1-5H3/b15-13+. The van der Waals surface area contributed by atoms with Gasteiger partial charge in [0, 0.05) is 13.1 Å². The van der Waals surface area contributed by atoms with Crippen LogP contribution < -0.4 is 9.47 Å². The first-order chi connectivity index (χ1) is 18.3. The Morgan fingerprint density at radius 1 is 1.11 bits per heavy atom. The molecule has 204 valence electrons. The molecule has 0 spiro atoms. The van der Waals surface area contributed by atoms with Gasteiger partial charge in [0.2, 0.25) is 0 Å². The smallest absolute Gasteiger partial charge is 0.290 e. The van der Waals surface area contributed by atoms with Crippen LogP contribution in [0.3, 0.4) is 0 Å². The SMILES string of the molecule is CCN(CC)CCN1C(=O)C(O)=C(C(=O)/C=C/c2ccccc2)C1c1ccc(OCCC(C)C)c(OC)c1. The minimum absolute atomic E-state index is 0.0669. The quantitative estimate of drug-likeness (QED) is 0.334. The molecule has 0 fully saturated rings. The van der Waals surface area contributed by atoms with Crippen LogP contribution in [0.25, 0.3) is 6.08 Å². The van der Waals surface area contributed by atoms with Crippen LogP contribution in [0.2, 0.25) is 0 Å². The third kappa shape index (κ3) is 7.04. The number of amides is 1. The van der Waals surface area contributed by atoms with Crippen molar-refractivity contribution in [3.05, 3.63) is 77.1 Å². The van der Waals surface area contributed by atoms with Gasteiger partial charge >= 0.3 is 0 Å². The lowest BCUT2D eigenvalue weighted by Crippen LogP contribution is -2.38. The first-order valence-corrected chi connectivity index (χ1v) is 13.3. The van der Waals surface area contributed by atoms with E-state index >= 15 is 0 Å². The van der Waals surface area contributed by atoms with Crippen LogP contribution in [0, 0.1) is 5.92 Å². The number of aliphatic hydroxyl groups is 1. The van der Waals surface area contributed by atoms with Crippen molar-refractivity contribution in [2.75, 3.05) is 39.9 Å². The van der Waals surface area contributed by atoms with Crippen molar-refractivity contribution in [1.82, 2.24) is 9.80 Å². The second-order valence-corrected chi connectivity index (χ2v) is 9.74. The van der Waals surface area contributed by atoms with Gasteiger partial charge in [-0.2, -0.15) is 0 Å². The fourth-order valence-electron chi connectivity index (χ4n) is 4.48. The van der Waals surface area contributed by atoms with Gasteiger partial charge in [0.05, 0.1) is 25.3 Å². The summed E-state index contributed by atoms with van der Waals surface area (Å²) >= 11 is 0. The van der Waals surface area contributed by atoms with Crippen molar-refractivity contribution in [3.8, 4) is 11.5 Å². The number of ether oxygens (including phenoxy) is 2. The third-order valence-electron chi connectivity index (χ3n) is 6.80. The summed E-state index contributed by atoms with van der Waals surface area (Å²) in [5, 5.41) is 10.9. The summed E-state index contributed by atoms with van der Waals surface area (Å²) in [7, 11) is 1.56. The summed E-state index contributed by atoms with van der Waals surface area (Å²) in [5.41, 5.74) is 1.59. The molecule has 38 heavy (non-hydrogen) atoms. The largest absolute Gasteiger partial charge is 0.503 e. The summed E-state index contributed by atoms with van der Waals surface area (Å²) in [6.07, 6.45) is 4.01. The van der Waals surface area contributed by atoms with Crippen molar-refractivity contribution in [2.24, 2.45) is 5.92 Å². The number of nitrogens with zero attached hydrogens (tertiary/aromatic N) is 2. The van der Waals surface area contributed by atoms with Crippen LogP contribution >= 0.6 is 0 Å². The lowest BCUT2D eigenvalue weighted by Gasteiger charge is -2.29. The number of hydrogen-bond donors (Lipinski definition) is 1. The minimum atomic E-state index is -0.746. The number of aliphatic hydroxyl groups excluding tert-OH is 1. The van der Waals surface area contributed by atoms with E-state index in [2.05, 4.69) is 32.6 Å². The second kappa shape index (κ2) is 13.8. The number of likely N-dealkylation sites (N-methyl/N-ethyl adjacent to an activating group) is 1. The molecule has 1 heterocycles. The fourth-order valence-corrected chi connectivity index (χ4v) is 4.48. The first-order valence-electron chi connectivity index (χ1n) is 13.3. The average molecular weight is 521 g/mol. The summed E-state index contributed by atoms with van der Waals surface area (Å²) in [5.74, 6) is 0.158. The average Bonchev–Trinajstić information content (AvgIpc) is 3.18. The predicted octanol–water partition coefficient (Wildman–Crippen LogP) is 5.44. The molecule has 1 unspecified atom stereocenters. The normalized spacial score (nSPS) is 15.8. The van der Waals surface area contributed by atoms with E-state index in [1.165, 1.54) is 6.08 Å². The fraction of sp³-hybridized carbons (Fsp3) is 0.419. The second-order valence-electron chi connectivity index (χ2n) is 9.74. The highest BCUT2D eigenvalue weighted by Crippen LogP contribution is 2.41. The number of ketones is 1. The van der Waals surface area contributed by atoms with E-state index < -0.39 is 23.5 Å². The molecule has 1 aliphatic rings. The maximum atomic E-state index is 13.4. The van der Waals surface area contributed by atoms with Crippen LogP contribution in [0.1, 0.15) is 51.3 Å². The molecule has 7 nitrogen and oxygen atoms in total. The van der Waals surface area contributed by atoms with Crippen molar-refractivity contribution in [1.29, 1.82) is 0 Å². The van der Waals surface area contributed by atoms with Crippen LogP contribution in [0.15, 0.2) is 65.9 Å². The third-order valence-corrected chi connectivity index (χ3v) is 6.80. The predicted molar refractivity (Wildman–Crippen MR) is 150 cm³/mol. The Bertz CT molecular complexity index is 1150. The van der Waals surface area contributed by atoms with Gasteiger partial charge in [-0.25, -0.2) is 0 Å². The topological polar surface area (TPSA) is 79.3 Å². The number of carbonyl (C=O) groups is 2. The van der Waals surface area contributed by atoms with Crippen molar-refractivity contribution in [3.63, 3.8) is 0 Å². The highest BCUT2D eigenvalue weighted by Gasteiger charge is 2.43. The maximum Gasteiger partial charge on any atom is 0.290 e. The molecule has 0 saturated heterocycles. The van der Waals surface area contributed by atoms with Crippen molar-refractivity contribution < 1.29 is 24.2 Å². The molecule has 0 aromatic heterocycles. The molecule has 0 bridgehead atoms. The molecule has 1 N–H and O–H groups in total. The highest BCUT2D eigenvalue weighted by atomic mass is 16.5. The van der Waals surface area contributed by atoms with Gasteiger partial charge in [-0.05, 0) is 54.8 Å². The zero-order chi connectivity index (χ0) is 27.7. The number of rotatable bonds is 14. The van der Waals surface area contributed by atoms with Crippen LogP contribution in [0.4, 0.5) is 0 Å². The van der Waals surface area contributed by atoms with Crippen molar-refractivity contribution in [2.45, 2.75) is 40.2 Å². The Morgan fingerprint density at radius 2 is 1.82 bits per heavy atom. The lowest BCUT2D eigenvalue weighted by atomic mass is 9.95. The first kappa shape index (κ1) is 29.0. The van der Waals surface area contributed by atoms with Gasteiger partial charge in [0.1, 0.15) is 0 Å². The lowest BCUT2D eigenvalue weighted by molar-refractivity contribution is -0.129. The van der Waals surface area contributed by atoms with E-state index in [1.807, 2.05) is 36.4 Å². The van der Waals surface area contributed by atoms with Gasteiger partial charge < -0.3 is 24.4 Å². The number of allylic oxidation sites excluding steroid dienone is 1. The van der Waals surface area contributed by atoms with Crippen LogP contribution in [0.5, 0.6) is 11.5 Å². The molecule has 0 radical (unpaired) electrons. The Balaban J connectivity index is 1.98. The van der Waals surface area contributed by atoms with Gasteiger partial charge in [-0.1, -0.05) is 70.2 Å². The molecule has 7 heteroatoms. The maximum absolute atomic E-state index is 13.4. The van der Waals surface area contributed by atoms with E-state index in [0.29, 0.717) is 42.7 Å². The van der Waals surface area contributed by atoms with Crippen LogP contribution in [-0.2, 0) is 9.59 Å². The number of methoxy groups -OCH3 is 1. The van der Waals surface area contributed by atoms with Crippen LogP contribution in [-0.4, -0.2) is 66.5 Å². The molecule has 2 aromatic rings.